The molecule has 0 saturated heterocycles. The summed E-state index contributed by atoms with van der Waals surface area (Å²) in [5.41, 5.74) is -1.82. The normalized spacial score (nSPS) is 14.5. The fraction of sp³-hybridized carbons (Fsp3) is 0.538. The van der Waals surface area contributed by atoms with Crippen LogP contribution in [0.3, 0.4) is 0 Å². The van der Waals surface area contributed by atoms with E-state index in [0.717, 1.165) is 6.07 Å². The van der Waals surface area contributed by atoms with Gasteiger partial charge in [0.15, 0.2) is 0 Å². The van der Waals surface area contributed by atoms with Crippen LogP contribution in [0.1, 0.15) is 38.1 Å². The summed E-state index contributed by atoms with van der Waals surface area (Å²) >= 11 is 0. The Morgan fingerprint density at radius 2 is 1.74 bits per heavy atom. The second kappa shape index (κ2) is 5.45. The van der Waals surface area contributed by atoms with Crippen LogP contribution in [0.15, 0.2) is 18.2 Å². The van der Waals surface area contributed by atoms with Crippen molar-refractivity contribution in [1.82, 2.24) is 5.32 Å². The third-order valence-corrected chi connectivity index (χ3v) is 2.47. The van der Waals surface area contributed by atoms with E-state index in [1.807, 2.05) is 20.8 Å². The zero-order chi connectivity index (χ0) is 14.8. The lowest BCUT2D eigenvalue weighted by Crippen LogP contribution is -2.37. The predicted octanol–water partition coefficient (Wildman–Crippen LogP) is 4.24. The van der Waals surface area contributed by atoms with E-state index in [9.17, 15) is 22.0 Å². The predicted molar refractivity (Wildman–Crippen MR) is 63.0 cm³/mol. The van der Waals surface area contributed by atoms with Crippen molar-refractivity contribution in [1.29, 1.82) is 0 Å². The van der Waals surface area contributed by atoms with Crippen LogP contribution < -0.4 is 5.32 Å². The molecule has 0 aliphatic rings. The highest BCUT2D eigenvalue weighted by Crippen LogP contribution is 2.32. The fourth-order valence-corrected chi connectivity index (χ4v) is 1.47. The molecule has 0 saturated carbocycles. The molecule has 0 heterocycles. The van der Waals surface area contributed by atoms with Gasteiger partial charge in [-0.25, -0.2) is 8.78 Å². The lowest BCUT2D eigenvalue weighted by atomic mass is 10.0. The van der Waals surface area contributed by atoms with Gasteiger partial charge in [-0.2, -0.15) is 13.2 Å². The smallest absolute Gasteiger partial charge is 0.309 e. The van der Waals surface area contributed by atoms with Gasteiger partial charge in [0.1, 0.15) is 12.0 Å². The largest absolute Gasteiger partial charge is 0.419 e. The maximum atomic E-state index is 13.8. The summed E-state index contributed by atoms with van der Waals surface area (Å²) in [5, 5.41) is 2.86. The summed E-state index contributed by atoms with van der Waals surface area (Å²) in [6.45, 7) is 5.39. The molecule has 0 aromatic heterocycles. The van der Waals surface area contributed by atoms with Crippen molar-refractivity contribution in [2.75, 3.05) is 6.54 Å². The van der Waals surface area contributed by atoms with E-state index in [-0.39, 0.29) is 17.6 Å². The van der Waals surface area contributed by atoms with Crippen LogP contribution in [0.4, 0.5) is 22.0 Å². The molecule has 6 heteroatoms. The molecule has 1 aromatic rings. The molecule has 1 rings (SSSR count). The van der Waals surface area contributed by atoms with E-state index in [1.165, 1.54) is 0 Å². The van der Waals surface area contributed by atoms with E-state index in [0.29, 0.717) is 12.1 Å². The Balaban J connectivity index is 2.83. The standard InChI is InChI=1S/C13H16F5N/c1-12(2,3)19-7-11(15)8-4-5-9(10(14)6-8)13(16,17)18/h4-6,11,19H,7H2,1-3H3. The maximum Gasteiger partial charge on any atom is 0.419 e. The first-order chi connectivity index (χ1) is 8.50. The highest BCUT2D eigenvalue weighted by atomic mass is 19.4. The van der Waals surface area contributed by atoms with Gasteiger partial charge in [0.2, 0.25) is 0 Å². The first-order valence-electron chi connectivity index (χ1n) is 5.76. The van der Waals surface area contributed by atoms with Crippen molar-refractivity contribution >= 4 is 0 Å². The van der Waals surface area contributed by atoms with Gasteiger partial charge in [-0.15, -0.1) is 0 Å². The summed E-state index contributed by atoms with van der Waals surface area (Å²) < 4.78 is 64.1. The van der Waals surface area contributed by atoms with Crippen LogP contribution in [0.5, 0.6) is 0 Å². The average molecular weight is 281 g/mol. The zero-order valence-electron chi connectivity index (χ0n) is 10.9. The van der Waals surface area contributed by atoms with Gasteiger partial charge in [0.05, 0.1) is 5.56 Å². The summed E-state index contributed by atoms with van der Waals surface area (Å²) in [6.07, 6.45) is -6.33. The Morgan fingerprint density at radius 1 is 1.16 bits per heavy atom. The third kappa shape index (κ3) is 4.78. The van der Waals surface area contributed by atoms with Crippen LogP contribution in [0.25, 0.3) is 0 Å². The van der Waals surface area contributed by atoms with Crippen molar-refractivity contribution in [2.24, 2.45) is 0 Å². The molecule has 108 valence electrons. The van der Waals surface area contributed by atoms with Gasteiger partial charge < -0.3 is 5.32 Å². The van der Waals surface area contributed by atoms with Crippen LogP contribution in [-0.4, -0.2) is 12.1 Å². The second-order valence-corrected chi connectivity index (χ2v) is 5.34. The molecule has 0 amide bonds. The minimum Gasteiger partial charge on any atom is -0.309 e. The van der Waals surface area contributed by atoms with Crippen molar-refractivity contribution in [3.63, 3.8) is 0 Å². The lowest BCUT2D eigenvalue weighted by Gasteiger charge is -2.22. The monoisotopic (exact) mass is 281 g/mol. The Morgan fingerprint density at radius 3 is 2.16 bits per heavy atom. The van der Waals surface area contributed by atoms with Crippen molar-refractivity contribution in [3.8, 4) is 0 Å². The van der Waals surface area contributed by atoms with E-state index >= 15 is 0 Å². The SMILES string of the molecule is CC(C)(C)NCC(F)c1ccc(C(F)(F)F)c(F)c1. The number of alkyl halides is 4. The molecule has 1 unspecified atom stereocenters. The van der Waals surface area contributed by atoms with Gasteiger partial charge in [-0.1, -0.05) is 6.07 Å². The average Bonchev–Trinajstić information content (AvgIpc) is 2.22. The van der Waals surface area contributed by atoms with Crippen molar-refractivity contribution in [2.45, 2.75) is 38.7 Å². The quantitative estimate of drug-likeness (QED) is 0.817. The Labute approximate surface area is 108 Å². The maximum absolute atomic E-state index is 13.8. The highest BCUT2D eigenvalue weighted by molar-refractivity contribution is 5.28. The number of hydrogen-bond donors (Lipinski definition) is 1. The van der Waals surface area contributed by atoms with Crippen LogP contribution >= 0.6 is 0 Å². The first kappa shape index (κ1) is 15.9. The summed E-state index contributed by atoms with van der Waals surface area (Å²) in [5.74, 6) is -1.46. The van der Waals surface area contributed by atoms with Crippen LogP contribution in [0.2, 0.25) is 0 Å². The number of nitrogens with one attached hydrogen (secondary N) is 1. The molecule has 1 atom stereocenters. The van der Waals surface area contributed by atoms with E-state index in [2.05, 4.69) is 5.32 Å². The van der Waals surface area contributed by atoms with Crippen molar-refractivity contribution < 1.29 is 22.0 Å². The van der Waals surface area contributed by atoms with Gasteiger partial charge in [-0.05, 0) is 38.5 Å². The van der Waals surface area contributed by atoms with Crippen LogP contribution in [0, 0.1) is 5.82 Å². The first-order valence-corrected chi connectivity index (χ1v) is 5.76. The molecule has 19 heavy (non-hydrogen) atoms. The molecule has 0 radical (unpaired) electrons. The van der Waals surface area contributed by atoms with E-state index < -0.39 is 23.7 Å². The fourth-order valence-electron chi connectivity index (χ4n) is 1.47. The van der Waals surface area contributed by atoms with Gasteiger partial charge in [0.25, 0.3) is 0 Å². The Hall–Kier alpha value is -1.17. The minimum atomic E-state index is -4.77. The zero-order valence-corrected chi connectivity index (χ0v) is 10.9. The van der Waals surface area contributed by atoms with Crippen LogP contribution in [-0.2, 0) is 6.18 Å². The highest BCUT2D eigenvalue weighted by Gasteiger charge is 2.34. The number of halogens is 5. The summed E-state index contributed by atoms with van der Waals surface area (Å²) in [6, 6.07) is 2.12. The molecule has 0 bridgehead atoms. The summed E-state index contributed by atoms with van der Waals surface area (Å²) in [7, 11) is 0. The molecular formula is C13H16F5N. The molecular weight excluding hydrogens is 265 g/mol. The second-order valence-electron chi connectivity index (χ2n) is 5.34. The minimum absolute atomic E-state index is 0.0890. The number of hydrogen-bond acceptors (Lipinski definition) is 1. The Bertz CT molecular complexity index is 434. The molecule has 1 N–H and O–H groups in total. The van der Waals surface area contributed by atoms with E-state index in [4.69, 9.17) is 0 Å². The van der Waals surface area contributed by atoms with Gasteiger partial charge in [-0.3, -0.25) is 0 Å². The molecule has 0 aliphatic carbocycles. The molecule has 0 aliphatic heterocycles. The van der Waals surface area contributed by atoms with Gasteiger partial charge in [0, 0.05) is 12.1 Å². The number of benzene rings is 1. The third-order valence-electron chi connectivity index (χ3n) is 2.47. The van der Waals surface area contributed by atoms with Gasteiger partial charge >= 0.3 is 6.18 Å². The Kier molecular flexibility index (Phi) is 4.55. The van der Waals surface area contributed by atoms with Crippen molar-refractivity contribution in [3.05, 3.63) is 35.1 Å². The number of rotatable bonds is 3. The lowest BCUT2D eigenvalue weighted by molar-refractivity contribution is -0.140. The molecule has 1 aromatic carbocycles. The molecule has 1 nitrogen and oxygen atoms in total. The molecule has 0 spiro atoms. The summed E-state index contributed by atoms with van der Waals surface area (Å²) in [4.78, 5) is 0. The van der Waals surface area contributed by atoms with E-state index in [1.54, 1.807) is 0 Å². The molecule has 0 fully saturated rings. The topological polar surface area (TPSA) is 12.0 Å².